The Balaban J connectivity index is 1.18. The molecule has 0 saturated heterocycles. The summed E-state index contributed by atoms with van der Waals surface area (Å²) in [7, 11) is 0. The Bertz CT molecular complexity index is 2520. The van der Waals surface area contributed by atoms with Crippen LogP contribution in [0.5, 0.6) is 5.75 Å². The Morgan fingerprint density at radius 2 is 1.31 bits per heavy atom. The maximum absolute atomic E-state index is 7.43. The van der Waals surface area contributed by atoms with Crippen LogP contribution in [0.25, 0.3) is 38.6 Å². The smallest absolute Gasteiger partial charge is 0.148 e. The summed E-state index contributed by atoms with van der Waals surface area (Å²) in [4.78, 5) is 2.37. The van der Waals surface area contributed by atoms with Crippen LogP contribution in [0.4, 0.5) is 17.1 Å². The van der Waals surface area contributed by atoms with Gasteiger partial charge in [0.1, 0.15) is 22.5 Å². The normalized spacial score (nSPS) is 19.8. The molecule has 6 aromatic carbocycles. The lowest BCUT2D eigenvalue weighted by atomic mass is 9.67. The predicted octanol–water partition coefficient (Wildman–Crippen LogP) is 12.3. The number of para-hydroxylation sites is 2. The number of rotatable bonds is 4. The van der Waals surface area contributed by atoms with Crippen molar-refractivity contribution in [3.8, 4) is 16.9 Å². The predicted molar refractivity (Wildman–Crippen MR) is 201 cm³/mol. The van der Waals surface area contributed by atoms with Crippen LogP contribution in [0.1, 0.15) is 43.4 Å². The average molecular weight is 634 g/mol. The summed E-state index contributed by atoms with van der Waals surface area (Å²) in [6.07, 6.45) is 4.72. The summed E-state index contributed by atoms with van der Waals surface area (Å²) in [5.41, 5.74) is 13.1. The fraction of sp³-hybridized carbons (Fsp3) is 0.130. The van der Waals surface area contributed by atoms with Crippen LogP contribution >= 0.6 is 0 Å². The van der Waals surface area contributed by atoms with E-state index in [9.17, 15) is 0 Å². The van der Waals surface area contributed by atoms with Gasteiger partial charge in [0.2, 0.25) is 0 Å². The molecular formula is C46H35NO2. The standard InChI is InChI=1S/C46H35NO2/c1-45(2)36-18-9-7-15-32(36)33-27-28-37-34-17-11-20-39(43(34)49-46(37,3)44(33)45)47(31-25-23-30(24-26-31)29-13-5-4-6-14-29)38-19-12-22-41-42(38)35-16-8-10-21-40(35)48-41/h4-28,37H,1-3H3. The molecule has 0 saturated carbocycles. The van der Waals surface area contributed by atoms with Crippen molar-refractivity contribution in [1.29, 1.82) is 0 Å². The van der Waals surface area contributed by atoms with E-state index < -0.39 is 5.60 Å². The molecule has 0 spiro atoms. The maximum atomic E-state index is 7.43. The molecule has 3 nitrogen and oxygen atoms in total. The molecule has 2 heterocycles. The summed E-state index contributed by atoms with van der Waals surface area (Å²) in [6.45, 7) is 7.01. The molecule has 10 rings (SSSR count). The first-order chi connectivity index (χ1) is 23.9. The van der Waals surface area contributed by atoms with Gasteiger partial charge < -0.3 is 14.1 Å². The number of furan rings is 1. The van der Waals surface area contributed by atoms with E-state index >= 15 is 0 Å². The third kappa shape index (κ3) is 3.90. The van der Waals surface area contributed by atoms with Gasteiger partial charge in [-0.2, -0.15) is 0 Å². The molecule has 1 aliphatic heterocycles. The SMILES string of the molecule is CC1(C)C2=C(C=CC3c4cccc(N(c5ccc(-c6ccccc6)cc5)c5cccc6oc7ccccc7c56)c4OC23C)c2ccccc21. The number of allylic oxidation sites excluding steroid dienone is 2. The van der Waals surface area contributed by atoms with Gasteiger partial charge in [-0.3, -0.25) is 0 Å². The van der Waals surface area contributed by atoms with E-state index in [2.05, 4.69) is 165 Å². The van der Waals surface area contributed by atoms with E-state index in [1.165, 1.54) is 39.0 Å². The minimum absolute atomic E-state index is 0.0858. The summed E-state index contributed by atoms with van der Waals surface area (Å²) in [5, 5.41) is 2.18. The molecular weight excluding hydrogens is 599 g/mol. The van der Waals surface area contributed by atoms with Crippen LogP contribution in [-0.4, -0.2) is 5.60 Å². The highest BCUT2D eigenvalue weighted by Gasteiger charge is 2.56. The molecule has 0 N–H and O–H groups in total. The molecule has 1 aromatic heterocycles. The molecule has 2 atom stereocenters. The van der Waals surface area contributed by atoms with Crippen molar-refractivity contribution in [3.05, 3.63) is 174 Å². The van der Waals surface area contributed by atoms with Crippen molar-refractivity contribution in [1.82, 2.24) is 0 Å². The third-order valence-corrected chi connectivity index (χ3v) is 11.1. The minimum Gasteiger partial charge on any atom is -0.480 e. The largest absolute Gasteiger partial charge is 0.480 e. The van der Waals surface area contributed by atoms with Crippen molar-refractivity contribution >= 4 is 44.6 Å². The van der Waals surface area contributed by atoms with E-state index in [1.807, 2.05) is 12.1 Å². The van der Waals surface area contributed by atoms with Crippen molar-refractivity contribution in [2.24, 2.45) is 0 Å². The molecule has 2 unspecified atom stereocenters. The number of anilines is 3. The number of ether oxygens (including phenoxy) is 1. The maximum Gasteiger partial charge on any atom is 0.148 e. The van der Waals surface area contributed by atoms with Crippen molar-refractivity contribution in [3.63, 3.8) is 0 Å². The van der Waals surface area contributed by atoms with Crippen molar-refractivity contribution in [2.75, 3.05) is 4.90 Å². The van der Waals surface area contributed by atoms with Crippen LogP contribution in [0.3, 0.4) is 0 Å². The Hall–Kier alpha value is -5.80. The van der Waals surface area contributed by atoms with Gasteiger partial charge in [-0.05, 0) is 76.7 Å². The lowest BCUT2D eigenvalue weighted by molar-refractivity contribution is 0.129. The van der Waals surface area contributed by atoms with Gasteiger partial charge in [0, 0.05) is 28.0 Å². The van der Waals surface area contributed by atoms with Crippen molar-refractivity contribution in [2.45, 2.75) is 37.7 Å². The number of nitrogens with zero attached hydrogens (tertiary/aromatic N) is 1. The minimum atomic E-state index is -0.539. The van der Waals surface area contributed by atoms with Gasteiger partial charge in [-0.25, -0.2) is 0 Å². The Kier molecular flexibility index (Phi) is 5.82. The number of benzene rings is 6. The quantitative estimate of drug-likeness (QED) is 0.193. The molecule has 3 aliphatic rings. The molecule has 0 bridgehead atoms. The number of hydrogen-bond donors (Lipinski definition) is 0. The van der Waals surface area contributed by atoms with E-state index in [1.54, 1.807) is 0 Å². The lowest BCUT2D eigenvalue weighted by Crippen LogP contribution is -2.43. The highest BCUT2D eigenvalue weighted by molar-refractivity contribution is 6.13. The van der Waals surface area contributed by atoms with E-state index in [-0.39, 0.29) is 11.3 Å². The third-order valence-electron chi connectivity index (χ3n) is 11.1. The van der Waals surface area contributed by atoms with Gasteiger partial charge in [-0.1, -0.05) is 129 Å². The monoisotopic (exact) mass is 633 g/mol. The van der Waals surface area contributed by atoms with Crippen LogP contribution < -0.4 is 9.64 Å². The second-order valence-corrected chi connectivity index (χ2v) is 14.2. The molecule has 2 aliphatic carbocycles. The van der Waals surface area contributed by atoms with Gasteiger partial charge in [0.05, 0.1) is 16.8 Å². The molecule has 236 valence electrons. The zero-order valence-corrected chi connectivity index (χ0v) is 27.8. The molecule has 7 aromatic rings. The Labute approximate surface area is 286 Å². The zero-order valence-electron chi connectivity index (χ0n) is 27.8. The van der Waals surface area contributed by atoms with E-state index in [4.69, 9.17) is 9.15 Å². The second kappa shape index (κ2) is 10.1. The van der Waals surface area contributed by atoms with Gasteiger partial charge in [0.15, 0.2) is 0 Å². The van der Waals surface area contributed by atoms with Crippen LogP contribution in [0.2, 0.25) is 0 Å². The van der Waals surface area contributed by atoms with E-state index in [0.29, 0.717) is 0 Å². The van der Waals surface area contributed by atoms with Gasteiger partial charge >= 0.3 is 0 Å². The van der Waals surface area contributed by atoms with Crippen LogP contribution in [-0.2, 0) is 5.41 Å². The molecule has 0 radical (unpaired) electrons. The first kappa shape index (κ1) is 28.2. The molecule has 0 amide bonds. The number of hydrogen-bond acceptors (Lipinski definition) is 3. The first-order valence-electron chi connectivity index (χ1n) is 17.1. The zero-order chi connectivity index (χ0) is 32.9. The van der Waals surface area contributed by atoms with Gasteiger partial charge in [0.25, 0.3) is 0 Å². The molecule has 0 fully saturated rings. The van der Waals surface area contributed by atoms with Gasteiger partial charge in [-0.15, -0.1) is 0 Å². The fourth-order valence-electron chi connectivity index (χ4n) is 9.05. The highest BCUT2D eigenvalue weighted by Crippen LogP contribution is 2.63. The summed E-state index contributed by atoms with van der Waals surface area (Å²) < 4.78 is 13.8. The Morgan fingerprint density at radius 3 is 2.16 bits per heavy atom. The number of fused-ring (bicyclic) bond motifs is 9. The lowest BCUT2D eigenvalue weighted by Gasteiger charge is -2.40. The highest BCUT2D eigenvalue weighted by atomic mass is 16.5. The summed E-state index contributed by atoms with van der Waals surface area (Å²) in [5.74, 6) is 1.01. The molecule has 49 heavy (non-hydrogen) atoms. The first-order valence-corrected chi connectivity index (χ1v) is 17.1. The summed E-state index contributed by atoms with van der Waals surface area (Å²) in [6, 6.07) is 49.6. The van der Waals surface area contributed by atoms with Crippen LogP contribution in [0.15, 0.2) is 162 Å². The van der Waals surface area contributed by atoms with Crippen LogP contribution in [0, 0.1) is 0 Å². The van der Waals surface area contributed by atoms with Crippen molar-refractivity contribution < 1.29 is 9.15 Å². The fourth-order valence-corrected chi connectivity index (χ4v) is 9.05. The second-order valence-electron chi connectivity index (χ2n) is 14.2. The molecule has 3 heteroatoms. The van der Waals surface area contributed by atoms with E-state index in [0.717, 1.165) is 44.8 Å². The topological polar surface area (TPSA) is 25.6 Å². The summed E-state index contributed by atoms with van der Waals surface area (Å²) >= 11 is 0. The average Bonchev–Trinajstić information content (AvgIpc) is 3.75. The Morgan fingerprint density at radius 1 is 0.612 bits per heavy atom.